The number of halogens is 1. The predicted octanol–water partition coefficient (Wildman–Crippen LogP) is 2.79. The van der Waals surface area contributed by atoms with Crippen LogP contribution in [0.5, 0.6) is 0 Å². The van der Waals surface area contributed by atoms with Gasteiger partial charge in [-0.3, -0.25) is 4.79 Å². The molecule has 1 aliphatic rings. The predicted molar refractivity (Wildman–Crippen MR) is 107 cm³/mol. The molecule has 2 aromatic carbocycles. The van der Waals surface area contributed by atoms with Gasteiger partial charge in [0.25, 0.3) is 5.91 Å². The molecule has 0 aromatic heterocycles. The van der Waals surface area contributed by atoms with E-state index in [1.807, 2.05) is 29.2 Å². The lowest BCUT2D eigenvalue weighted by atomic mass is 10.2. The van der Waals surface area contributed by atoms with Crippen molar-refractivity contribution < 1.29 is 4.79 Å². The van der Waals surface area contributed by atoms with Crippen LogP contribution in [0.25, 0.3) is 0 Å². The van der Waals surface area contributed by atoms with Crippen molar-refractivity contribution in [3.05, 3.63) is 71.0 Å². The first-order chi connectivity index (χ1) is 13.1. The van der Waals surface area contributed by atoms with Crippen LogP contribution in [0.1, 0.15) is 0 Å². The van der Waals surface area contributed by atoms with Crippen LogP contribution >= 0.6 is 11.6 Å². The number of carbonyl (C=O) groups excluding carboxylic acids is 1. The summed E-state index contributed by atoms with van der Waals surface area (Å²) in [6.07, 6.45) is 0. The van der Waals surface area contributed by atoms with Crippen molar-refractivity contribution in [2.24, 2.45) is 5.73 Å². The first-order valence-corrected chi connectivity index (χ1v) is 8.98. The zero-order valence-corrected chi connectivity index (χ0v) is 15.5. The summed E-state index contributed by atoms with van der Waals surface area (Å²) in [7, 11) is 0. The van der Waals surface area contributed by atoms with Crippen LogP contribution in [-0.4, -0.2) is 37.0 Å². The second kappa shape index (κ2) is 8.47. The van der Waals surface area contributed by atoms with Gasteiger partial charge >= 0.3 is 0 Å². The topological polar surface area (TPSA) is 85.4 Å². The molecule has 1 amide bonds. The van der Waals surface area contributed by atoms with Crippen LogP contribution in [-0.2, 0) is 4.79 Å². The summed E-state index contributed by atoms with van der Waals surface area (Å²) in [6.45, 7) is 2.81. The molecule has 6 nitrogen and oxygen atoms in total. The number of hydrogen-bond donors (Lipinski definition) is 2. The van der Waals surface area contributed by atoms with Crippen LogP contribution in [0.3, 0.4) is 0 Å². The SMILES string of the molecule is N#C/C(C(=O)Nc1ccc(Cl)cc1)=C(/N)N1CCN(c2ccccc2)CC1. The van der Waals surface area contributed by atoms with E-state index in [1.54, 1.807) is 24.3 Å². The first-order valence-electron chi connectivity index (χ1n) is 8.60. The molecule has 0 spiro atoms. The number of rotatable bonds is 4. The maximum Gasteiger partial charge on any atom is 0.270 e. The number of piperazine rings is 1. The first kappa shape index (κ1) is 18.6. The van der Waals surface area contributed by atoms with E-state index in [4.69, 9.17) is 17.3 Å². The Labute approximate surface area is 163 Å². The lowest BCUT2D eigenvalue weighted by Crippen LogP contribution is -2.48. The summed E-state index contributed by atoms with van der Waals surface area (Å²) < 4.78 is 0. The number of benzene rings is 2. The van der Waals surface area contributed by atoms with Crippen molar-refractivity contribution in [2.45, 2.75) is 0 Å². The fourth-order valence-electron chi connectivity index (χ4n) is 2.95. The van der Waals surface area contributed by atoms with E-state index in [0.29, 0.717) is 23.8 Å². The number of hydrogen-bond acceptors (Lipinski definition) is 5. The highest BCUT2D eigenvalue weighted by Gasteiger charge is 2.23. The van der Waals surface area contributed by atoms with Gasteiger partial charge in [-0.2, -0.15) is 5.26 Å². The molecule has 1 aliphatic heterocycles. The van der Waals surface area contributed by atoms with Crippen LogP contribution in [0.4, 0.5) is 11.4 Å². The highest BCUT2D eigenvalue weighted by Crippen LogP contribution is 2.18. The molecular weight excluding hydrogens is 362 g/mol. The molecule has 0 saturated carbocycles. The Bertz CT molecular complexity index is 865. The van der Waals surface area contributed by atoms with Crippen molar-refractivity contribution in [2.75, 3.05) is 36.4 Å². The second-order valence-corrected chi connectivity index (χ2v) is 6.58. The molecule has 0 bridgehead atoms. The lowest BCUT2D eigenvalue weighted by Gasteiger charge is -2.37. The minimum atomic E-state index is -0.525. The molecule has 7 heteroatoms. The Hall–Kier alpha value is -3.17. The highest BCUT2D eigenvalue weighted by atomic mass is 35.5. The smallest absolute Gasteiger partial charge is 0.270 e. The largest absolute Gasteiger partial charge is 0.384 e. The molecule has 2 aromatic rings. The number of anilines is 2. The Kier molecular flexibility index (Phi) is 5.84. The van der Waals surface area contributed by atoms with Crippen molar-refractivity contribution in [1.82, 2.24) is 4.90 Å². The molecule has 3 rings (SSSR count). The van der Waals surface area contributed by atoms with Gasteiger partial charge in [-0.1, -0.05) is 29.8 Å². The maximum atomic E-state index is 12.5. The number of para-hydroxylation sites is 1. The third kappa shape index (κ3) is 4.52. The van der Waals surface area contributed by atoms with Crippen LogP contribution in [0.15, 0.2) is 66.0 Å². The summed E-state index contributed by atoms with van der Waals surface area (Å²) in [6, 6.07) is 18.7. The molecule has 0 radical (unpaired) electrons. The van der Waals surface area contributed by atoms with E-state index < -0.39 is 5.91 Å². The monoisotopic (exact) mass is 381 g/mol. The van der Waals surface area contributed by atoms with Gasteiger partial charge in [-0.25, -0.2) is 0 Å². The van der Waals surface area contributed by atoms with Gasteiger partial charge in [0.15, 0.2) is 5.57 Å². The zero-order chi connectivity index (χ0) is 19.2. The Morgan fingerprint density at radius 1 is 1.04 bits per heavy atom. The van der Waals surface area contributed by atoms with Crippen molar-refractivity contribution >= 4 is 28.9 Å². The van der Waals surface area contributed by atoms with Gasteiger partial charge in [0.1, 0.15) is 11.9 Å². The zero-order valence-electron chi connectivity index (χ0n) is 14.7. The summed E-state index contributed by atoms with van der Waals surface area (Å²) in [4.78, 5) is 16.6. The number of nitrogens with one attached hydrogen (secondary N) is 1. The second-order valence-electron chi connectivity index (χ2n) is 6.14. The highest BCUT2D eigenvalue weighted by molar-refractivity contribution is 6.30. The molecule has 1 heterocycles. The molecule has 1 fully saturated rings. The quantitative estimate of drug-likeness (QED) is 0.628. The molecule has 0 atom stereocenters. The maximum absolute atomic E-state index is 12.5. The minimum Gasteiger partial charge on any atom is -0.384 e. The average Bonchev–Trinajstić information content (AvgIpc) is 2.71. The lowest BCUT2D eigenvalue weighted by molar-refractivity contribution is -0.112. The molecule has 0 unspecified atom stereocenters. The van der Waals surface area contributed by atoms with E-state index in [0.717, 1.165) is 18.8 Å². The Morgan fingerprint density at radius 3 is 2.26 bits per heavy atom. The number of nitrogens with two attached hydrogens (primary N) is 1. The average molecular weight is 382 g/mol. The van der Waals surface area contributed by atoms with Gasteiger partial charge in [-0.05, 0) is 36.4 Å². The Morgan fingerprint density at radius 2 is 1.67 bits per heavy atom. The van der Waals surface area contributed by atoms with Gasteiger partial charge in [0.05, 0.1) is 0 Å². The fraction of sp³-hybridized carbons (Fsp3) is 0.200. The molecule has 0 aliphatic carbocycles. The van der Waals surface area contributed by atoms with Gasteiger partial charge in [0, 0.05) is 42.6 Å². The van der Waals surface area contributed by atoms with Gasteiger partial charge < -0.3 is 20.9 Å². The fourth-order valence-corrected chi connectivity index (χ4v) is 3.08. The van der Waals surface area contributed by atoms with Crippen molar-refractivity contribution in [3.8, 4) is 6.07 Å². The number of nitrogens with zero attached hydrogens (tertiary/aromatic N) is 3. The third-order valence-corrected chi connectivity index (χ3v) is 4.69. The van der Waals surface area contributed by atoms with Crippen LogP contribution in [0, 0.1) is 11.3 Å². The Balaban J connectivity index is 1.67. The summed E-state index contributed by atoms with van der Waals surface area (Å²) in [5, 5.41) is 12.7. The van der Waals surface area contributed by atoms with E-state index in [1.165, 1.54) is 0 Å². The minimum absolute atomic E-state index is 0.0851. The summed E-state index contributed by atoms with van der Waals surface area (Å²) >= 11 is 5.84. The van der Waals surface area contributed by atoms with E-state index >= 15 is 0 Å². The summed E-state index contributed by atoms with van der Waals surface area (Å²) in [5.41, 5.74) is 7.77. The number of amides is 1. The van der Waals surface area contributed by atoms with E-state index in [2.05, 4.69) is 22.3 Å². The van der Waals surface area contributed by atoms with Crippen molar-refractivity contribution in [1.29, 1.82) is 5.26 Å². The standard InChI is InChI=1S/C20H20ClN5O/c21-15-6-8-16(9-7-15)24-20(27)18(14-22)19(23)26-12-10-25(11-13-26)17-4-2-1-3-5-17/h1-9H,10-13,23H2,(H,24,27)/b19-18+. The number of nitriles is 1. The van der Waals surface area contributed by atoms with E-state index in [9.17, 15) is 10.1 Å². The molecule has 138 valence electrons. The normalized spacial score (nSPS) is 15.0. The van der Waals surface area contributed by atoms with Gasteiger partial charge in [0.2, 0.25) is 0 Å². The molecule has 27 heavy (non-hydrogen) atoms. The van der Waals surface area contributed by atoms with E-state index in [-0.39, 0.29) is 11.4 Å². The van der Waals surface area contributed by atoms with Crippen molar-refractivity contribution in [3.63, 3.8) is 0 Å². The molecule has 3 N–H and O–H groups in total. The van der Waals surface area contributed by atoms with Gasteiger partial charge in [-0.15, -0.1) is 0 Å². The summed E-state index contributed by atoms with van der Waals surface area (Å²) in [5.74, 6) is -0.320. The molecule has 1 saturated heterocycles. The molecular formula is C20H20ClN5O. The van der Waals surface area contributed by atoms with Crippen LogP contribution < -0.4 is 16.0 Å². The third-order valence-electron chi connectivity index (χ3n) is 4.44. The van der Waals surface area contributed by atoms with Crippen LogP contribution in [0.2, 0.25) is 5.02 Å². The number of carbonyl (C=O) groups is 1.